The highest BCUT2D eigenvalue weighted by molar-refractivity contribution is 6.30. The Morgan fingerprint density at radius 2 is 2.05 bits per heavy atom. The molecule has 0 aliphatic carbocycles. The van der Waals surface area contributed by atoms with E-state index < -0.39 is 12.0 Å². The van der Waals surface area contributed by atoms with E-state index in [2.05, 4.69) is 4.98 Å². The van der Waals surface area contributed by atoms with Crippen LogP contribution in [0.1, 0.15) is 24.6 Å². The predicted octanol–water partition coefficient (Wildman–Crippen LogP) is 2.87. The molecule has 1 atom stereocenters. The zero-order valence-electron chi connectivity index (χ0n) is 10.6. The Morgan fingerprint density at radius 3 is 2.70 bits per heavy atom. The molecule has 2 heterocycles. The Labute approximate surface area is 120 Å². The van der Waals surface area contributed by atoms with Gasteiger partial charge in [-0.15, -0.1) is 0 Å². The van der Waals surface area contributed by atoms with Gasteiger partial charge in [-0.3, -0.25) is 0 Å². The van der Waals surface area contributed by atoms with Crippen molar-refractivity contribution < 1.29 is 15.0 Å². The Balaban J connectivity index is 2.17. The van der Waals surface area contributed by atoms with Crippen LogP contribution in [0.2, 0.25) is 5.15 Å². The molecule has 0 saturated carbocycles. The average Bonchev–Trinajstić information content (AvgIpc) is 2.77. The maximum Gasteiger partial charge on any atom is 0.326 e. The quantitative estimate of drug-likeness (QED) is 0.892. The molecule has 0 bridgehead atoms. The van der Waals surface area contributed by atoms with Gasteiger partial charge in [-0.2, -0.15) is 0 Å². The molecule has 1 aliphatic rings. The smallest absolute Gasteiger partial charge is 0.326 e. The summed E-state index contributed by atoms with van der Waals surface area (Å²) in [5.74, 6) is -0.183. The van der Waals surface area contributed by atoms with E-state index in [1.165, 1.54) is 0 Å². The van der Waals surface area contributed by atoms with Gasteiger partial charge in [-0.05, 0) is 43.5 Å². The number of carboxylic acids is 1. The maximum atomic E-state index is 11.4. The van der Waals surface area contributed by atoms with Crippen LogP contribution in [0.15, 0.2) is 24.3 Å². The van der Waals surface area contributed by atoms with Crippen molar-refractivity contribution in [2.75, 3.05) is 0 Å². The van der Waals surface area contributed by atoms with Crippen molar-refractivity contribution in [2.24, 2.45) is 0 Å². The van der Waals surface area contributed by atoms with Crippen molar-refractivity contribution in [3.8, 4) is 17.1 Å². The van der Waals surface area contributed by atoms with Gasteiger partial charge in [-0.1, -0.05) is 11.6 Å². The first kappa shape index (κ1) is 13.0. The summed E-state index contributed by atoms with van der Waals surface area (Å²) < 4.78 is 1.71. The number of rotatable bonds is 2. The number of aromatic hydroxyl groups is 1. The Kier molecular flexibility index (Phi) is 3.14. The molecule has 0 fully saturated rings. The monoisotopic (exact) mass is 292 g/mol. The topological polar surface area (TPSA) is 75.3 Å². The van der Waals surface area contributed by atoms with Gasteiger partial charge >= 0.3 is 5.97 Å². The number of nitrogens with zero attached hydrogens (tertiary/aromatic N) is 2. The summed E-state index contributed by atoms with van der Waals surface area (Å²) in [7, 11) is 0. The molecule has 0 saturated heterocycles. The lowest BCUT2D eigenvalue weighted by molar-refractivity contribution is -0.141. The first-order valence-electron chi connectivity index (χ1n) is 6.36. The zero-order chi connectivity index (χ0) is 14.3. The number of hydrogen-bond acceptors (Lipinski definition) is 3. The van der Waals surface area contributed by atoms with E-state index in [0.717, 1.165) is 24.1 Å². The molecule has 20 heavy (non-hydrogen) atoms. The van der Waals surface area contributed by atoms with Crippen molar-refractivity contribution in [1.82, 2.24) is 9.55 Å². The standard InChI is InChI=1S/C14H13ClN2O3/c15-12-10-2-1-3-11(14(19)20)17(10)13(16-12)8-4-6-9(18)7-5-8/h4-7,11,18H,1-3H2,(H,19,20). The second kappa shape index (κ2) is 4.83. The Hall–Kier alpha value is -2.01. The summed E-state index contributed by atoms with van der Waals surface area (Å²) in [5.41, 5.74) is 1.51. The number of carboxylic acid groups (broad SMARTS) is 1. The average molecular weight is 293 g/mol. The van der Waals surface area contributed by atoms with Crippen LogP contribution in [0.4, 0.5) is 0 Å². The molecule has 5 nitrogen and oxygen atoms in total. The third kappa shape index (κ3) is 2.04. The van der Waals surface area contributed by atoms with Crippen LogP contribution in [0, 0.1) is 0 Å². The molecule has 6 heteroatoms. The summed E-state index contributed by atoms with van der Waals surface area (Å²) in [5, 5.41) is 19.1. The highest BCUT2D eigenvalue weighted by Gasteiger charge is 2.31. The molecule has 2 aromatic rings. The van der Waals surface area contributed by atoms with Crippen molar-refractivity contribution in [3.63, 3.8) is 0 Å². The molecular weight excluding hydrogens is 280 g/mol. The number of aliphatic carboxylic acids is 1. The highest BCUT2D eigenvalue weighted by Crippen LogP contribution is 2.35. The number of benzene rings is 1. The fourth-order valence-electron chi connectivity index (χ4n) is 2.64. The van der Waals surface area contributed by atoms with Crippen LogP contribution < -0.4 is 0 Å². The van der Waals surface area contributed by atoms with Crippen molar-refractivity contribution in [3.05, 3.63) is 35.1 Å². The maximum absolute atomic E-state index is 11.4. The molecule has 104 valence electrons. The molecule has 0 amide bonds. The number of aromatic nitrogens is 2. The van der Waals surface area contributed by atoms with E-state index in [1.807, 2.05) is 0 Å². The minimum absolute atomic E-state index is 0.153. The first-order valence-corrected chi connectivity index (χ1v) is 6.74. The molecule has 0 spiro atoms. The van der Waals surface area contributed by atoms with Crippen molar-refractivity contribution >= 4 is 17.6 Å². The number of phenols is 1. The number of imidazole rings is 1. The summed E-state index contributed by atoms with van der Waals surface area (Å²) in [6, 6.07) is 5.86. The van der Waals surface area contributed by atoms with E-state index in [1.54, 1.807) is 28.8 Å². The van der Waals surface area contributed by atoms with Crippen LogP contribution >= 0.6 is 11.6 Å². The SMILES string of the molecule is O=C(O)C1CCCc2c(Cl)nc(-c3ccc(O)cc3)n21. The minimum atomic E-state index is -0.875. The first-order chi connectivity index (χ1) is 9.58. The normalized spacial score (nSPS) is 17.8. The summed E-state index contributed by atoms with van der Waals surface area (Å²) in [6.45, 7) is 0. The van der Waals surface area contributed by atoms with Crippen LogP contribution in [0.3, 0.4) is 0 Å². The van der Waals surface area contributed by atoms with Crippen molar-refractivity contribution in [2.45, 2.75) is 25.3 Å². The minimum Gasteiger partial charge on any atom is -0.508 e. The van der Waals surface area contributed by atoms with Crippen molar-refractivity contribution in [1.29, 1.82) is 0 Å². The van der Waals surface area contributed by atoms with E-state index >= 15 is 0 Å². The zero-order valence-corrected chi connectivity index (χ0v) is 11.3. The van der Waals surface area contributed by atoms with Crippen LogP contribution in [-0.2, 0) is 11.2 Å². The van der Waals surface area contributed by atoms with Gasteiger partial charge in [-0.25, -0.2) is 9.78 Å². The fourth-order valence-corrected chi connectivity index (χ4v) is 2.90. The second-order valence-corrected chi connectivity index (χ2v) is 5.19. The van der Waals surface area contributed by atoms with Crippen LogP contribution in [-0.4, -0.2) is 25.7 Å². The van der Waals surface area contributed by atoms with E-state index in [0.29, 0.717) is 17.4 Å². The second-order valence-electron chi connectivity index (χ2n) is 4.84. The summed E-state index contributed by atoms with van der Waals surface area (Å²) in [6.07, 6.45) is 2.09. The van der Waals surface area contributed by atoms with Gasteiger partial charge in [0.15, 0.2) is 5.15 Å². The number of hydrogen-bond donors (Lipinski definition) is 2. The summed E-state index contributed by atoms with van der Waals surface area (Å²) >= 11 is 6.14. The lowest BCUT2D eigenvalue weighted by atomic mass is 10.0. The number of phenolic OH excluding ortho intramolecular Hbond substituents is 1. The molecule has 1 unspecified atom stereocenters. The molecule has 1 aliphatic heterocycles. The Bertz CT molecular complexity index is 664. The van der Waals surface area contributed by atoms with Gasteiger partial charge in [0.2, 0.25) is 0 Å². The van der Waals surface area contributed by atoms with Gasteiger partial charge in [0.05, 0.1) is 5.69 Å². The van der Waals surface area contributed by atoms with E-state index in [-0.39, 0.29) is 5.75 Å². The van der Waals surface area contributed by atoms with Crippen LogP contribution in [0.5, 0.6) is 5.75 Å². The molecule has 3 rings (SSSR count). The number of halogens is 1. The third-order valence-corrected chi connectivity index (χ3v) is 3.88. The Morgan fingerprint density at radius 1 is 1.35 bits per heavy atom. The number of fused-ring (bicyclic) bond motifs is 1. The van der Waals surface area contributed by atoms with Gasteiger partial charge in [0.1, 0.15) is 17.6 Å². The van der Waals surface area contributed by atoms with Gasteiger partial charge < -0.3 is 14.8 Å². The van der Waals surface area contributed by atoms with Crippen LogP contribution in [0.25, 0.3) is 11.4 Å². The van der Waals surface area contributed by atoms with E-state index in [9.17, 15) is 15.0 Å². The lowest BCUT2D eigenvalue weighted by Crippen LogP contribution is -2.25. The highest BCUT2D eigenvalue weighted by atomic mass is 35.5. The predicted molar refractivity (Wildman–Crippen MR) is 73.9 cm³/mol. The molecule has 2 N–H and O–H groups in total. The third-order valence-electron chi connectivity index (χ3n) is 3.57. The largest absolute Gasteiger partial charge is 0.508 e. The molecule has 0 radical (unpaired) electrons. The lowest BCUT2D eigenvalue weighted by Gasteiger charge is -2.24. The van der Waals surface area contributed by atoms with Gasteiger partial charge in [0, 0.05) is 5.56 Å². The number of carbonyl (C=O) groups is 1. The molecule has 1 aromatic heterocycles. The fraction of sp³-hybridized carbons (Fsp3) is 0.286. The molecule has 1 aromatic carbocycles. The van der Waals surface area contributed by atoms with E-state index in [4.69, 9.17) is 11.6 Å². The van der Waals surface area contributed by atoms with Gasteiger partial charge in [0.25, 0.3) is 0 Å². The summed E-state index contributed by atoms with van der Waals surface area (Å²) in [4.78, 5) is 15.7. The molecular formula is C14H13ClN2O3.